The molecule has 4 aliphatic carbocycles. The third kappa shape index (κ3) is 2.31. The molecule has 0 spiro atoms. The van der Waals surface area contributed by atoms with Gasteiger partial charge in [0.2, 0.25) is 0 Å². The molecule has 0 bridgehead atoms. The largest absolute Gasteiger partial charge is 0.293 e. The highest BCUT2D eigenvalue weighted by Crippen LogP contribution is 2.67. The molecule has 0 aliphatic heterocycles. The first-order valence-electron chi connectivity index (χ1n) is 10.2. The third-order valence-corrected chi connectivity index (χ3v) is 8.83. The molecule has 0 aromatic heterocycles. The van der Waals surface area contributed by atoms with Gasteiger partial charge < -0.3 is 0 Å². The Balaban J connectivity index is 1.66. The molecule has 0 radical (unpaired) electrons. The Morgan fingerprint density at radius 1 is 1.28 bits per heavy atom. The van der Waals surface area contributed by atoms with Crippen molar-refractivity contribution in [3.05, 3.63) is 24.3 Å². The lowest BCUT2D eigenvalue weighted by molar-refractivity contribution is -0.120. The summed E-state index contributed by atoms with van der Waals surface area (Å²) < 4.78 is 0. The Hall–Kier alpha value is -1.36. The average molecular weight is 338 g/mol. The van der Waals surface area contributed by atoms with Crippen molar-refractivity contribution >= 4 is 5.78 Å². The van der Waals surface area contributed by atoms with Crippen LogP contribution < -0.4 is 0 Å². The fourth-order valence-electron chi connectivity index (χ4n) is 7.45. The van der Waals surface area contributed by atoms with Crippen LogP contribution in [0.4, 0.5) is 0 Å². The molecule has 3 fully saturated rings. The maximum absolute atomic E-state index is 12.2. The van der Waals surface area contributed by atoms with E-state index in [0.717, 1.165) is 37.0 Å². The Bertz CT molecular complexity index is 670. The van der Waals surface area contributed by atoms with Gasteiger partial charge in [-0.2, -0.15) is 5.26 Å². The fourth-order valence-corrected chi connectivity index (χ4v) is 7.45. The zero-order valence-electron chi connectivity index (χ0n) is 15.8. The van der Waals surface area contributed by atoms with E-state index in [1.54, 1.807) is 0 Å². The van der Waals surface area contributed by atoms with Gasteiger partial charge in [-0.25, -0.2) is 0 Å². The number of allylic oxidation sites excluding steroid dienone is 2. The van der Waals surface area contributed by atoms with Crippen LogP contribution in [-0.4, -0.2) is 5.78 Å². The summed E-state index contributed by atoms with van der Waals surface area (Å²) in [4.78, 5) is 12.2. The van der Waals surface area contributed by atoms with Crippen LogP contribution in [0.1, 0.15) is 65.2 Å². The van der Waals surface area contributed by atoms with Crippen LogP contribution >= 0.6 is 0 Å². The van der Waals surface area contributed by atoms with Crippen molar-refractivity contribution in [3.8, 4) is 6.07 Å². The van der Waals surface area contributed by atoms with Gasteiger partial charge in [0.1, 0.15) is 5.92 Å². The quantitative estimate of drug-likeness (QED) is 0.628. The molecule has 0 aromatic carbocycles. The second-order valence-corrected chi connectivity index (χ2v) is 9.63. The normalized spacial score (nSPS) is 48.6. The Morgan fingerprint density at radius 2 is 2.08 bits per heavy atom. The molecule has 2 heteroatoms. The van der Waals surface area contributed by atoms with Crippen molar-refractivity contribution in [2.75, 3.05) is 0 Å². The highest BCUT2D eigenvalue weighted by molar-refractivity contribution is 5.95. The molecule has 4 rings (SSSR count). The molecular weight excluding hydrogens is 306 g/mol. The van der Waals surface area contributed by atoms with E-state index in [-0.39, 0.29) is 11.2 Å². The van der Waals surface area contributed by atoms with E-state index in [1.165, 1.54) is 37.7 Å². The molecule has 0 saturated heterocycles. The first-order chi connectivity index (χ1) is 11.9. The topological polar surface area (TPSA) is 40.9 Å². The van der Waals surface area contributed by atoms with Crippen LogP contribution in [-0.2, 0) is 4.79 Å². The summed E-state index contributed by atoms with van der Waals surface area (Å²) in [6.45, 7) is 8.91. The van der Waals surface area contributed by atoms with Gasteiger partial charge in [0.15, 0.2) is 5.78 Å². The van der Waals surface area contributed by atoms with Crippen molar-refractivity contribution in [3.63, 3.8) is 0 Å². The van der Waals surface area contributed by atoms with Gasteiger partial charge in [0, 0.05) is 0 Å². The highest BCUT2D eigenvalue weighted by atomic mass is 16.1. The van der Waals surface area contributed by atoms with Crippen molar-refractivity contribution in [1.29, 1.82) is 5.26 Å². The van der Waals surface area contributed by atoms with Crippen LogP contribution in [0.3, 0.4) is 0 Å². The lowest BCUT2D eigenvalue weighted by Crippen LogP contribution is -2.51. The molecule has 0 N–H and O–H groups in total. The van der Waals surface area contributed by atoms with Gasteiger partial charge in [-0.1, -0.05) is 25.5 Å². The van der Waals surface area contributed by atoms with Crippen molar-refractivity contribution in [1.82, 2.24) is 0 Å². The second-order valence-electron chi connectivity index (χ2n) is 9.63. The smallest absolute Gasteiger partial charge is 0.172 e. The van der Waals surface area contributed by atoms with E-state index in [0.29, 0.717) is 11.3 Å². The molecule has 3 saturated carbocycles. The van der Waals surface area contributed by atoms with Crippen LogP contribution in [0.2, 0.25) is 0 Å². The number of hydrogen-bond donors (Lipinski definition) is 0. The van der Waals surface area contributed by atoms with Crippen LogP contribution in [0, 0.1) is 51.8 Å². The molecule has 134 valence electrons. The Kier molecular flexibility index (Phi) is 3.98. The summed E-state index contributed by atoms with van der Waals surface area (Å²) in [6.07, 6.45) is 13.5. The van der Waals surface area contributed by atoms with Crippen molar-refractivity contribution in [2.45, 2.75) is 65.2 Å². The number of fused-ring (bicyclic) bond motifs is 5. The molecule has 0 amide bonds. The van der Waals surface area contributed by atoms with Gasteiger partial charge in [0.05, 0.1) is 6.07 Å². The average Bonchev–Trinajstić information content (AvgIpc) is 2.92. The molecule has 2 nitrogen and oxygen atoms in total. The Morgan fingerprint density at radius 3 is 2.80 bits per heavy atom. The van der Waals surface area contributed by atoms with E-state index >= 15 is 0 Å². The summed E-state index contributed by atoms with van der Waals surface area (Å²) in [6, 6.07) is 2.28. The molecule has 2 unspecified atom stereocenters. The third-order valence-electron chi connectivity index (χ3n) is 8.83. The van der Waals surface area contributed by atoms with E-state index in [9.17, 15) is 10.1 Å². The zero-order chi connectivity index (χ0) is 17.8. The fraction of sp³-hybridized carbons (Fsp3) is 0.739. The summed E-state index contributed by atoms with van der Waals surface area (Å²) in [5.74, 6) is 2.72. The zero-order valence-corrected chi connectivity index (χ0v) is 15.8. The number of carbonyl (C=O) groups is 1. The van der Waals surface area contributed by atoms with E-state index in [1.807, 2.05) is 6.08 Å². The van der Waals surface area contributed by atoms with Gasteiger partial charge in [0.25, 0.3) is 0 Å². The lowest BCUT2D eigenvalue weighted by atomic mass is 9.46. The predicted octanol–water partition coefficient (Wildman–Crippen LogP) is 5.46. The maximum Gasteiger partial charge on any atom is 0.172 e. The van der Waals surface area contributed by atoms with E-state index in [2.05, 4.69) is 32.6 Å². The van der Waals surface area contributed by atoms with Gasteiger partial charge in [-0.05, 0) is 91.9 Å². The minimum Gasteiger partial charge on any atom is -0.293 e. The van der Waals surface area contributed by atoms with Gasteiger partial charge in [-0.3, -0.25) is 4.79 Å². The minimum absolute atomic E-state index is 0.0565. The molecule has 4 aliphatic rings. The number of rotatable bonds is 2. The number of nitrogens with zero attached hydrogens (tertiary/aromatic N) is 1. The molecule has 0 heterocycles. The lowest BCUT2D eigenvalue weighted by Gasteiger charge is -2.58. The van der Waals surface area contributed by atoms with Gasteiger partial charge in [-0.15, -0.1) is 6.58 Å². The first-order valence-corrected chi connectivity index (χ1v) is 10.2. The standard InChI is InChI=1S/C23H31NO/c1-4-5-16-7-9-19-18-8-6-17-12-21(25)15(14-24)13-23(17,3)20(18)10-11-22(16,19)2/h4,12,15-16,18-20H,1,5-11,13H2,2-3H3/t15?,16?,18-,19-,20+,22+,23-/m0/s1. The van der Waals surface area contributed by atoms with Crippen LogP contribution in [0.25, 0.3) is 0 Å². The van der Waals surface area contributed by atoms with Crippen LogP contribution in [0.15, 0.2) is 24.3 Å². The molecular formula is C23H31NO. The highest BCUT2D eigenvalue weighted by Gasteiger charge is 2.59. The molecule has 0 aromatic rings. The predicted molar refractivity (Wildman–Crippen MR) is 99.5 cm³/mol. The summed E-state index contributed by atoms with van der Waals surface area (Å²) in [5.41, 5.74) is 1.91. The minimum atomic E-state index is -0.419. The van der Waals surface area contributed by atoms with E-state index in [4.69, 9.17) is 0 Å². The van der Waals surface area contributed by atoms with Crippen molar-refractivity contribution in [2.24, 2.45) is 40.4 Å². The number of carbonyl (C=O) groups excluding carboxylic acids is 1. The first kappa shape index (κ1) is 17.1. The van der Waals surface area contributed by atoms with E-state index < -0.39 is 5.92 Å². The SMILES string of the molecule is C=CCC1CC[C@H]2[C@@H]3CCC4=CC(=O)C(C#N)C[C@]4(C)[C@@H]3CC[C@]12C. The van der Waals surface area contributed by atoms with Crippen LogP contribution in [0.5, 0.6) is 0 Å². The summed E-state index contributed by atoms with van der Waals surface area (Å²) in [7, 11) is 0. The van der Waals surface area contributed by atoms with Crippen molar-refractivity contribution < 1.29 is 4.79 Å². The maximum atomic E-state index is 12.2. The molecule has 7 atom stereocenters. The monoisotopic (exact) mass is 337 g/mol. The molecule has 25 heavy (non-hydrogen) atoms. The van der Waals surface area contributed by atoms with Gasteiger partial charge >= 0.3 is 0 Å². The number of ketones is 1. The number of hydrogen-bond acceptors (Lipinski definition) is 2. The second kappa shape index (κ2) is 5.83. The summed E-state index contributed by atoms with van der Waals surface area (Å²) >= 11 is 0. The summed E-state index contributed by atoms with van der Waals surface area (Å²) in [5, 5.41) is 9.44. The number of nitriles is 1. The Labute approximate surface area is 152 Å².